The van der Waals surface area contributed by atoms with Crippen LogP contribution in [0.5, 0.6) is 0 Å². The van der Waals surface area contributed by atoms with Crippen LogP contribution >= 0.6 is 11.3 Å². The summed E-state index contributed by atoms with van der Waals surface area (Å²) < 4.78 is 20.6. The molecule has 6 bridgehead atoms. The lowest BCUT2D eigenvalue weighted by Crippen LogP contribution is -2.61. The Morgan fingerprint density at radius 1 is 1.12 bits per heavy atom. The first kappa shape index (κ1) is 41.6. The van der Waals surface area contributed by atoms with Gasteiger partial charge in [-0.2, -0.15) is 0 Å². The number of nitrogens with zero attached hydrogens (tertiary/aromatic N) is 6. The first-order valence-corrected chi connectivity index (χ1v) is 21.8. The molecule has 8 rings (SSSR count). The first-order valence-electron chi connectivity index (χ1n) is 21.0. The number of methoxy groups -OCH3 is 1. The number of amides is 2. The van der Waals surface area contributed by atoms with Gasteiger partial charge in [-0.1, -0.05) is 26.8 Å². The van der Waals surface area contributed by atoms with Gasteiger partial charge in [0, 0.05) is 84.1 Å². The van der Waals surface area contributed by atoms with E-state index in [1.54, 1.807) is 31.8 Å². The van der Waals surface area contributed by atoms with Gasteiger partial charge in [0.15, 0.2) is 0 Å². The number of rotatable bonds is 9. The summed E-state index contributed by atoms with van der Waals surface area (Å²) in [5.41, 5.74) is 9.35. The van der Waals surface area contributed by atoms with Gasteiger partial charge in [0.05, 0.1) is 35.7 Å². The lowest BCUT2D eigenvalue weighted by molar-refractivity contribution is -0.156. The monoisotopic (exact) mass is 834 g/mol. The Hall–Kier alpha value is -5.09. The fourth-order valence-electron chi connectivity index (χ4n) is 8.93. The fourth-order valence-corrected chi connectivity index (χ4v) is 9.84. The second-order valence-electron chi connectivity index (χ2n) is 16.8. The third-order valence-corrected chi connectivity index (χ3v) is 13.1. The summed E-state index contributed by atoms with van der Waals surface area (Å²) >= 11 is 1.39. The minimum atomic E-state index is -1.15. The van der Waals surface area contributed by atoms with Gasteiger partial charge in [0.25, 0.3) is 5.91 Å². The zero-order valence-corrected chi connectivity index (χ0v) is 36.1. The number of aryl methyl sites for hydroxylation is 1. The number of aromatic nitrogens is 5. The van der Waals surface area contributed by atoms with Crippen molar-refractivity contribution in [3.63, 3.8) is 0 Å². The summed E-state index contributed by atoms with van der Waals surface area (Å²) in [5.74, 6) is -1.17. The Bertz CT molecular complexity index is 2380. The number of esters is 1. The van der Waals surface area contributed by atoms with Gasteiger partial charge in [-0.05, 0) is 81.8 Å². The molecule has 1 saturated carbocycles. The molecule has 60 heavy (non-hydrogen) atoms. The van der Waals surface area contributed by atoms with E-state index in [0.717, 1.165) is 44.7 Å². The molecule has 15 heteroatoms. The van der Waals surface area contributed by atoms with Crippen LogP contribution in [0.3, 0.4) is 0 Å². The molecule has 4 aromatic heterocycles. The van der Waals surface area contributed by atoms with Gasteiger partial charge in [-0.3, -0.25) is 24.4 Å². The highest BCUT2D eigenvalue weighted by molar-refractivity contribution is 7.10. The Morgan fingerprint density at radius 2 is 1.90 bits per heavy atom. The number of hydrogen-bond acceptors (Lipinski definition) is 12. The van der Waals surface area contributed by atoms with Crippen LogP contribution < -0.4 is 10.7 Å². The normalized spacial score (nSPS) is 24.8. The number of ether oxygens (including phenoxy) is 3. The number of hydrogen-bond donors (Lipinski definition) is 2. The standard InChI is InChI=1S/C45H54N8O6S/c1-8-52-33-16-15-27-21-29(33)30(38(52)28-13-10-17-46-36(28)26(4)57-7)22-45(5,6)24-59-44(56)31-14-11-20-53(51-31)43(55)37(39(58-9-2)42-49-32(27)23-60-42)50-41(54)35-25(3)34(35)40-47-18-12-19-48-40/h10,12-13,15-19,21,23,25-26,31,34-35,37,39,51H,8-9,11,14,20,22,24H2,1-7H3,(H,50,54)/t25-,26+,31+,34+,35+,37+,39+/m1/s1. The van der Waals surface area contributed by atoms with Gasteiger partial charge in [-0.25, -0.2) is 20.4 Å². The van der Waals surface area contributed by atoms with E-state index in [9.17, 15) is 14.4 Å². The van der Waals surface area contributed by atoms with Crippen molar-refractivity contribution in [1.29, 1.82) is 0 Å². The maximum Gasteiger partial charge on any atom is 0.324 e. The number of nitrogens with one attached hydrogen (secondary N) is 2. The van der Waals surface area contributed by atoms with E-state index in [-0.39, 0.29) is 37.1 Å². The largest absolute Gasteiger partial charge is 0.464 e. The van der Waals surface area contributed by atoms with E-state index in [4.69, 9.17) is 24.2 Å². The topological polar surface area (TPSA) is 163 Å². The van der Waals surface area contributed by atoms with Crippen molar-refractivity contribution >= 4 is 40.0 Å². The number of pyridine rings is 1. The van der Waals surface area contributed by atoms with Crippen LogP contribution in [0, 0.1) is 17.3 Å². The van der Waals surface area contributed by atoms with Crippen molar-refractivity contribution in [2.75, 3.05) is 26.9 Å². The molecular formula is C45H54N8O6S. The van der Waals surface area contributed by atoms with Gasteiger partial charge in [0.1, 0.15) is 29.0 Å². The van der Waals surface area contributed by atoms with Gasteiger partial charge < -0.3 is 24.1 Å². The summed E-state index contributed by atoms with van der Waals surface area (Å²) in [6.07, 6.45) is 5.61. The highest BCUT2D eigenvalue weighted by Crippen LogP contribution is 2.52. The summed E-state index contributed by atoms with van der Waals surface area (Å²) in [5, 5.41) is 8.12. The molecule has 316 valence electrons. The molecule has 2 N–H and O–H groups in total. The summed E-state index contributed by atoms with van der Waals surface area (Å²) in [4.78, 5) is 61.5. The van der Waals surface area contributed by atoms with Gasteiger partial charge >= 0.3 is 5.97 Å². The SMILES string of the molecule is CCO[C@@H]1c2nc(cs2)-c2ccc3c(c2)c(c(-c2cccnc2[C@H](C)OC)n3CC)CC(C)(C)COC(=O)[C@@H]2CCCN(N2)C(=O)[C@H]1NC(=O)[C@H]1[C@H](C)[C@@H]1c1ncccn1. The fraction of sp³-hybridized carbons (Fsp3) is 0.489. The number of carbonyl (C=O) groups is 3. The zero-order valence-electron chi connectivity index (χ0n) is 35.3. The van der Waals surface area contributed by atoms with Crippen molar-refractivity contribution in [2.24, 2.45) is 17.3 Å². The molecule has 2 amide bonds. The van der Waals surface area contributed by atoms with E-state index in [2.05, 4.69) is 70.3 Å². The van der Waals surface area contributed by atoms with Gasteiger partial charge in [-0.15, -0.1) is 11.3 Å². The van der Waals surface area contributed by atoms with Crippen LogP contribution in [0.15, 0.2) is 60.4 Å². The second-order valence-corrected chi connectivity index (χ2v) is 17.7. The molecule has 0 spiro atoms. The van der Waals surface area contributed by atoms with Crippen molar-refractivity contribution in [2.45, 2.75) is 97.6 Å². The highest BCUT2D eigenvalue weighted by atomic mass is 32.1. The van der Waals surface area contributed by atoms with Crippen LogP contribution in [0.1, 0.15) is 94.6 Å². The molecule has 0 unspecified atom stereocenters. The lowest BCUT2D eigenvalue weighted by atomic mass is 9.84. The number of fused-ring (bicyclic) bond motifs is 6. The molecule has 1 aliphatic carbocycles. The quantitative estimate of drug-likeness (QED) is 0.154. The van der Waals surface area contributed by atoms with Crippen LogP contribution in [-0.4, -0.2) is 86.2 Å². The minimum absolute atomic E-state index is 0.0220. The summed E-state index contributed by atoms with van der Waals surface area (Å²) in [7, 11) is 1.69. The van der Waals surface area contributed by atoms with Crippen molar-refractivity contribution in [1.82, 2.24) is 40.3 Å². The average molecular weight is 835 g/mol. The van der Waals surface area contributed by atoms with Crippen LogP contribution in [-0.2, 0) is 41.6 Å². The second kappa shape index (κ2) is 17.1. The molecule has 5 aromatic rings. The molecule has 2 aliphatic heterocycles. The Balaban J connectivity index is 1.25. The number of hydrazine groups is 1. The van der Waals surface area contributed by atoms with Crippen molar-refractivity contribution in [3.05, 3.63) is 82.5 Å². The molecular weight excluding hydrogens is 781 g/mol. The number of thiazole rings is 1. The predicted octanol–water partition coefficient (Wildman–Crippen LogP) is 6.58. The molecule has 1 aromatic carbocycles. The molecule has 2 fully saturated rings. The Morgan fingerprint density at radius 3 is 2.65 bits per heavy atom. The molecule has 6 heterocycles. The Kier molecular flexibility index (Phi) is 11.9. The van der Waals surface area contributed by atoms with Crippen LogP contribution in [0.2, 0.25) is 0 Å². The van der Waals surface area contributed by atoms with E-state index < -0.39 is 41.4 Å². The lowest BCUT2D eigenvalue weighted by Gasteiger charge is -2.37. The van der Waals surface area contributed by atoms with E-state index >= 15 is 0 Å². The predicted molar refractivity (Wildman–Crippen MR) is 227 cm³/mol. The van der Waals surface area contributed by atoms with E-state index in [1.807, 2.05) is 32.2 Å². The molecule has 1 saturated heterocycles. The number of cyclic esters (lactones) is 1. The van der Waals surface area contributed by atoms with E-state index in [0.29, 0.717) is 43.2 Å². The third kappa shape index (κ3) is 7.95. The summed E-state index contributed by atoms with van der Waals surface area (Å²) in [6, 6.07) is 10.3. The van der Waals surface area contributed by atoms with Crippen molar-refractivity contribution < 1.29 is 28.6 Å². The first-order chi connectivity index (χ1) is 28.9. The molecule has 7 atom stereocenters. The molecule has 3 aliphatic rings. The van der Waals surface area contributed by atoms with Crippen molar-refractivity contribution in [3.8, 4) is 22.5 Å². The minimum Gasteiger partial charge on any atom is -0.464 e. The third-order valence-electron chi connectivity index (χ3n) is 12.2. The number of carbonyl (C=O) groups excluding carboxylic acids is 3. The number of benzene rings is 1. The maximum atomic E-state index is 14.7. The zero-order chi connectivity index (χ0) is 42.3. The van der Waals surface area contributed by atoms with E-state index in [1.165, 1.54) is 16.3 Å². The molecule has 14 nitrogen and oxygen atoms in total. The Labute approximate surface area is 354 Å². The van der Waals surface area contributed by atoms with Gasteiger partial charge in [0.2, 0.25) is 5.91 Å². The maximum absolute atomic E-state index is 14.7. The smallest absolute Gasteiger partial charge is 0.324 e. The van der Waals surface area contributed by atoms with Crippen LogP contribution in [0.25, 0.3) is 33.4 Å². The molecule has 0 radical (unpaired) electrons. The highest BCUT2D eigenvalue weighted by Gasteiger charge is 2.55. The average Bonchev–Trinajstić information content (AvgIpc) is 3.55. The summed E-state index contributed by atoms with van der Waals surface area (Å²) in [6.45, 7) is 13.7. The van der Waals surface area contributed by atoms with Crippen LogP contribution in [0.4, 0.5) is 0 Å².